The van der Waals surface area contributed by atoms with Gasteiger partial charge in [0.25, 0.3) is 0 Å². The molecule has 0 saturated heterocycles. The summed E-state index contributed by atoms with van der Waals surface area (Å²) in [6.07, 6.45) is 0.398. The van der Waals surface area contributed by atoms with Gasteiger partial charge in [-0.05, 0) is 29.3 Å². The molecular weight excluding hydrogens is 372 g/mol. The first-order valence-electron chi connectivity index (χ1n) is 7.26. The molecule has 0 atom stereocenters. The van der Waals surface area contributed by atoms with Crippen LogP contribution in [0.3, 0.4) is 0 Å². The maximum absolute atomic E-state index is 11.9. The number of nitriles is 1. The minimum absolute atomic E-state index is 0.0327. The molecule has 0 saturated carbocycles. The molecule has 2 aromatic rings. The average molecular weight is 389 g/mol. The monoisotopic (exact) mass is 388 g/mol. The topological polar surface area (TPSA) is 52.9 Å². The van der Waals surface area contributed by atoms with Gasteiger partial charge in [0.2, 0.25) is 5.91 Å². The standard InChI is InChI=1S/C18H17BrN2OS/c19-17-7-5-14(6-8-17)11-18(22)21-9-10-23-13-16-4-2-1-3-15(16)12-20/h1-8H,9-11,13H2,(H,21,22). The summed E-state index contributed by atoms with van der Waals surface area (Å²) < 4.78 is 1.01. The van der Waals surface area contributed by atoms with Gasteiger partial charge >= 0.3 is 0 Å². The molecule has 0 fully saturated rings. The Kier molecular flexibility index (Phi) is 7.18. The summed E-state index contributed by atoms with van der Waals surface area (Å²) in [7, 11) is 0. The molecule has 0 aliphatic heterocycles. The predicted octanol–water partition coefficient (Wildman–Crippen LogP) is 3.91. The second-order valence-electron chi connectivity index (χ2n) is 4.97. The summed E-state index contributed by atoms with van der Waals surface area (Å²) in [4.78, 5) is 11.9. The van der Waals surface area contributed by atoms with E-state index < -0.39 is 0 Å². The Morgan fingerprint density at radius 2 is 1.91 bits per heavy atom. The molecule has 0 radical (unpaired) electrons. The molecule has 1 amide bonds. The number of nitrogens with zero attached hydrogens (tertiary/aromatic N) is 1. The van der Waals surface area contributed by atoms with E-state index in [-0.39, 0.29) is 5.91 Å². The lowest BCUT2D eigenvalue weighted by Crippen LogP contribution is -2.27. The van der Waals surface area contributed by atoms with Crippen LogP contribution < -0.4 is 5.32 Å². The van der Waals surface area contributed by atoms with Gasteiger partial charge in [-0.1, -0.05) is 46.3 Å². The molecule has 118 valence electrons. The predicted molar refractivity (Wildman–Crippen MR) is 98.2 cm³/mol. The van der Waals surface area contributed by atoms with Crippen LogP contribution >= 0.6 is 27.7 Å². The number of carbonyl (C=O) groups excluding carboxylic acids is 1. The smallest absolute Gasteiger partial charge is 0.224 e. The zero-order chi connectivity index (χ0) is 16.5. The highest BCUT2D eigenvalue weighted by molar-refractivity contribution is 9.10. The molecule has 3 nitrogen and oxygen atoms in total. The van der Waals surface area contributed by atoms with E-state index in [9.17, 15) is 4.79 Å². The number of thioether (sulfide) groups is 1. The van der Waals surface area contributed by atoms with Crippen LogP contribution in [-0.2, 0) is 17.0 Å². The Balaban J connectivity index is 1.66. The van der Waals surface area contributed by atoms with Crippen molar-refractivity contribution in [1.82, 2.24) is 5.32 Å². The first-order valence-corrected chi connectivity index (χ1v) is 9.20. The molecule has 2 aromatic carbocycles. The molecule has 0 spiro atoms. The second kappa shape index (κ2) is 9.39. The van der Waals surface area contributed by atoms with Crippen molar-refractivity contribution in [3.05, 3.63) is 69.7 Å². The van der Waals surface area contributed by atoms with Gasteiger partial charge in [0, 0.05) is 22.5 Å². The van der Waals surface area contributed by atoms with E-state index >= 15 is 0 Å². The van der Waals surface area contributed by atoms with Gasteiger partial charge in [-0.25, -0.2) is 0 Å². The number of benzene rings is 2. The molecule has 5 heteroatoms. The molecule has 0 bridgehead atoms. The van der Waals surface area contributed by atoms with Gasteiger partial charge in [-0.2, -0.15) is 17.0 Å². The Morgan fingerprint density at radius 1 is 1.17 bits per heavy atom. The lowest BCUT2D eigenvalue weighted by molar-refractivity contribution is -0.120. The summed E-state index contributed by atoms with van der Waals surface area (Å²) >= 11 is 5.09. The van der Waals surface area contributed by atoms with Gasteiger partial charge in [-0.3, -0.25) is 4.79 Å². The van der Waals surface area contributed by atoms with Crippen LogP contribution in [-0.4, -0.2) is 18.2 Å². The number of hydrogen-bond donors (Lipinski definition) is 1. The fraction of sp³-hybridized carbons (Fsp3) is 0.222. The lowest BCUT2D eigenvalue weighted by Gasteiger charge is -2.06. The number of halogens is 1. The van der Waals surface area contributed by atoms with Gasteiger partial charge < -0.3 is 5.32 Å². The number of amides is 1. The van der Waals surface area contributed by atoms with Crippen molar-refractivity contribution in [3.8, 4) is 6.07 Å². The van der Waals surface area contributed by atoms with E-state index in [1.807, 2.05) is 48.5 Å². The van der Waals surface area contributed by atoms with Gasteiger partial charge in [-0.15, -0.1) is 0 Å². The van der Waals surface area contributed by atoms with Crippen molar-refractivity contribution in [2.75, 3.05) is 12.3 Å². The highest BCUT2D eigenvalue weighted by Gasteiger charge is 2.04. The minimum atomic E-state index is 0.0327. The fourth-order valence-electron chi connectivity index (χ4n) is 2.05. The molecule has 2 rings (SSSR count). The Bertz CT molecular complexity index is 695. The van der Waals surface area contributed by atoms with Crippen molar-refractivity contribution in [3.63, 3.8) is 0 Å². The van der Waals surface area contributed by atoms with Crippen molar-refractivity contribution >= 4 is 33.6 Å². The van der Waals surface area contributed by atoms with Crippen molar-refractivity contribution < 1.29 is 4.79 Å². The Labute approximate surface area is 149 Å². The average Bonchev–Trinajstić information content (AvgIpc) is 2.57. The lowest BCUT2D eigenvalue weighted by atomic mass is 10.1. The summed E-state index contributed by atoms with van der Waals surface area (Å²) in [5, 5.41) is 12.0. The molecule has 0 aliphatic rings. The van der Waals surface area contributed by atoms with E-state index in [0.29, 0.717) is 13.0 Å². The third-order valence-electron chi connectivity index (χ3n) is 3.24. The van der Waals surface area contributed by atoms with Gasteiger partial charge in [0.05, 0.1) is 18.1 Å². The van der Waals surface area contributed by atoms with Gasteiger partial charge in [0.15, 0.2) is 0 Å². The Morgan fingerprint density at radius 3 is 2.65 bits per heavy atom. The quantitative estimate of drug-likeness (QED) is 0.731. The van der Waals surface area contributed by atoms with Crippen LogP contribution in [0.1, 0.15) is 16.7 Å². The largest absolute Gasteiger partial charge is 0.355 e. The van der Waals surface area contributed by atoms with Crippen LogP contribution in [0.5, 0.6) is 0 Å². The minimum Gasteiger partial charge on any atom is -0.355 e. The third kappa shape index (κ3) is 6.09. The van der Waals surface area contributed by atoms with Crippen LogP contribution in [0.25, 0.3) is 0 Å². The van der Waals surface area contributed by atoms with E-state index in [0.717, 1.165) is 32.7 Å². The highest BCUT2D eigenvalue weighted by Crippen LogP contribution is 2.15. The zero-order valence-corrected chi connectivity index (χ0v) is 15.0. The van der Waals surface area contributed by atoms with Crippen LogP contribution in [0.2, 0.25) is 0 Å². The number of hydrogen-bond acceptors (Lipinski definition) is 3. The summed E-state index contributed by atoms with van der Waals surface area (Å²) in [5.74, 6) is 1.64. The summed E-state index contributed by atoms with van der Waals surface area (Å²) in [5.41, 5.74) is 2.77. The van der Waals surface area contributed by atoms with E-state index in [1.165, 1.54) is 0 Å². The third-order valence-corrected chi connectivity index (χ3v) is 4.78. The van der Waals surface area contributed by atoms with E-state index in [2.05, 4.69) is 27.3 Å². The molecule has 23 heavy (non-hydrogen) atoms. The molecule has 0 aromatic heterocycles. The van der Waals surface area contributed by atoms with E-state index in [4.69, 9.17) is 5.26 Å². The molecule has 1 N–H and O–H groups in total. The first kappa shape index (κ1) is 17.6. The molecular formula is C18H17BrN2OS. The number of carbonyl (C=O) groups is 1. The van der Waals surface area contributed by atoms with Crippen molar-refractivity contribution in [1.29, 1.82) is 5.26 Å². The van der Waals surface area contributed by atoms with Gasteiger partial charge in [0.1, 0.15) is 0 Å². The second-order valence-corrected chi connectivity index (χ2v) is 7.00. The van der Waals surface area contributed by atoms with Crippen molar-refractivity contribution in [2.24, 2.45) is 0 Å². The number of rotatable bonds is 7. The highest BCUT2D eigenvalue weighted by atomic mass is 79.9. The maximum atomic E-state index is 11.9. The van der Waals surface area contributed by atoms with Crippen LogP contribution in [0, 0.1) is 11.3 Å². The summed E-state index contributed by atoms with van der Waals surface area (Å²) in [6, 6.07) is 17.6. The molecule has 0 aliphatic carbocycles. The normalized spacial score (nSPS) is 10.1. The van der Waals surface area contributed by atoms with Crippen LogP contribution in [0.4, 0.5) is 0 Å². The Hall–Kier alpha value is -1.77. The molecule has 0 unspecified atom stereocenters. The maximum Gasteiger partial charge on any atom is 0.224 e. The SMILES string of the molecule is N#Cc1ccccc1CSCCNC(=O)Cc1ccc(Br)cc1. The van der Waals surface area contributed by atoms with Crippen molar-refractivity contribution in [2.45, 2.75) is 12.2 Å². The summed E-state index contributed by atoms with van der Waals surface area (Å²) in [6.45, 7) is 0.634. The zero-order valence-electron chi connectivity index (χ0n) is 12.6. The van der Waals surface area contributed by atoms with E-state index in [1.54, 1.807) is 11.8 Å². The number of nitrogens with one attached hydrogen (secondary N) is 1. The van der Waals surface area contributed by atoms with Crippen LogP contribution in [0.15, 0.2) is 53.0 Å². The fourth-order valence-corrected chi connectivity index (χ4v) is 3.18. The molecule has 0 heterocycles. The first-order chi connectivity index (χ1) is 11.2.